The van der Waals surface area contributed by atoms with Crippen molar-refractivity contribution in [3.8, 4) is 0 Å². The number of nitrogens with one attached hydrogen (secondary N) is 2. The van der Waals surface area contributed by atoms with E-state index in [0.717, 1.165) is 18.4 Å². The van der Waals surface area contributed by atoms with Crippen LogP contribution in [0.5, 0.6) is 0 Å². The first-order valence-corrected chi connectivity index (χ1v) is 11.5. The van der Waals surface area contributed by atoms with Crippen LogP contribution in [-0.4, -0.2) is 83.3 Å². The smallest absolute Gasteiger partial charge is 0.731 e. The average Bonchev–Trinajstić information content (AvgIpc) is 3.19. The molecule has 2 heterocycles. The number of ether oxygens (including phenoxy) is 1. The summed E-state index contributed by atoms with van der Waals surface area (Å²) in [5.74, 6) is -4.48. The van der Waals surface area contributed by atoms with Crippen LogP contribution in [0.1, 0.15) is 19.0 Å². The first kappa shape index (κ1) is 29.2. The standard InChI is InChI=1S/C15H18ClN5O9S2.Na/c1-3-4-30-20-9(7-6-31-15(17-7)18-8(22)5-16)12(23)19-10-11(14(25)29-2)21(13(10)24)32(26,27)28;/h6,10-11H,3-5H2,1-2H3,(H,19,23)(H,17,18,22)(H,26,27,28);/q;+1/p-1. The number of hydrogen-bond acceptors (Lipinski definition) is 12. The molecule has 18 heteroatoms. The summed E-state index contributed by atoms with van der Waals surface area (Å²) in [6.45, 7) is 1.91. The number of amides is 3. The molecule has 1 aliphatic heterocycles. The molecule has 0 aliphatic carbocycles. The molecule has 0 spiro atoms. The summed E-state index contributed by atoms with van der Waals surface area (Å²) in [6.07, 6.45) is 0.550. The van der Waals surface area contributed by atoms with Gasteiger partial charge < -0.3 is 24.8 Å². The fourth-order valence-corrected chi connectivity index (χ4v) is 4.01. The van der Waals surface area contributed by atoms with Gasteiger partial charge in [0.2, 0.25) is 5.91 Å². The number of methoxy groups -OCH3 is 1. The molecule has 176 valence electrons. The van der Waals surface area contributed by atoms with Gasteiger partial charge in [-0.3, -0.25) is 14.4 Å². The van der Waals surface area contributed by atoms with Crippen LogP contribution in [-0.2, 0) is 39.1 Å². The third kappa shape index (κ3) is 7.08. The molecule has 3 amide bonds. The molecule has 1 aromatic rings. The summed E-state index contributed by atoms with van der Waals surface area (Å²) in [5, 5.41) is 9.64. The predicted molar refractivity (Wildman–Crippen MR) is 109 cm³/mol. The van der Waals surface area contributed by atoms with Gasteiger partial charge in [0.1, 0.15) is 24.2 Å². The fourth-order valence-electron chi connectivity index (χ4n) is 2.41. The fraction of sp³-hybridized carbons (Fsp3) is 0.467. The Bertz CT molecular complexity index is 1050. The van der Waals surface area contributed by atoms with Crippen molar-refractivity contribution in [2.45, 2.75) is 25.4 Å². The van der Waals surface area contributed by atoms with Gasteiger partial charge >= 0.3 is 35.5 Å². The Labute approximate surface area is 219 Å². The van der Waals surface area contributed by atoms with Crippen molar-refractivity contribution >= 4 is 67.8 Å². The number of aromatic nitrogens is 1. The third-order valence-electron chi connectivity index (χ3n) is 3.80. The minimum absolute atomic E-state index is 0. The number of β-lactam (4-membered cyclic amide) rings is 1. The summed E-state index contributed by atoms with van der Waals surface area (Å²) in [4.78, 5) is 57.2. The van der Waals surface area contributed by atoms with Crippen molar-refractivity contribution < 1.29 is 71.3 Å². The maximum absolute atomic E-state index is 12.8. The number of oxime groups is 1. The van der Waals surface area contributed by atoms with Gasteiger partial charge in [0.25, 0.3) is 11.8 Å². The van der Waals surface area contributed by atoms with E-state index in [-0.39, 0.29) is 57.2 Å². The van der Waals surface area contributed by atoms with E-state index in [0.29, 0.717) is 6.42 Å². The zero-order valence-corrected chi connectivity index (χ0v) is 22.0. The number of carbonyl (C=O) groups excluding carboxylic acids is 4. The van der Waals surface area contributed by atoms with E-state index in [4.69, 9.17) is 16.4 Å². The van der Waals surface area contributed by atoms with Crippen molar-refractivity contribution in [1.29, 1.82) is 0 Å². The second kappa shape index (κ2) is 12.6. The molecule has 2 rings (SSSR count). The maximum atomic E-state index is 12.8. The van der Waals surface area contributed by atoms with Crippen LogP contribution >= 0.6 is 22.9 Å². The Morgan fingerprint density at radius 3 is 2.61 bits per heavy atom. The van der Waals surface area contributed by atoms with Crippen molar-refractivity contribution in [3.05, 3.63) is 11.1 Å². The molecule has 0 saturated carbocycles. The van der Waals surface area contributed by atoms with Crippen LogP contribution in [0.3, 0.4) is 0 Å². The SMILES string of the molecule is CCCON=C(C(=O)NC1C(=O)N(S(=O)(=O)[O-])C1C(=O)OC)c1csc(NC(=O)CCl)n1.[Na+]. The van der Waals surface area contributed by atoms with E-state index in [1.165, 1.54) is 5.38 Å². The van der Waals surface area contributed by atoms with Crippen LogP contribution in [0, 0.1) is 0 Å². The summed E-state index contributed by atoms with van der Waals surface area (Å²) in [6, 6.07) is -3.59. The zero-order valence-electron chi connectivity index (χ0n) is 17.6. The minimum atomic E-state index is -5.32. The summed E-state index contributed by atoms with van der Waals surface area (Å²) in [7, 11) is -4.41. The number of hydrogen-bond donors (Lipinski definition) is 2. The van der Waals surface area contributed by atoms with Gasteiger partial charge in [-0.25, -0.2) is 22.5 Å². The molecule has 2 unspecified atom stereocenters. The summed E-state index contributed by atoms with van der Waals surface area (Å²) >= 11 is 6.35. The quantitative estimate of drug-likeness (QED) is 0.0434. The predicted octanol–water partition coefficient (Wildman–Crippen LogP) is -4.22. The van der Waals surface area contributed by atoms with Crippen LogP contribution in [0.2, 0.25) is 0 Å². The van der Waals surface area contributed by atoms with E-state index in [1.54, 1.807) is 6.92 Å². The molecule has 1 aromatic heterocycles. The maximum Gasteiger partial charge on any atom is 1.00 e. The van der Waals surface area contributed by atoms with E-state index in [9.17, 15) is 32.1 Å². The molecule has 1 aliphatic rings. The number of carbonyl (C=O) groups is 4. The average molecular weight is 534 g/mol. The van der Waals surface area contributed by atoms with Crippen LogP contribution < -0.4 is 40.2 Å². The summed E-state index contributed by atoms with van der Waals surface area (Å²) in [5.41, 5.74) is -0.482. The molecular weight excluding hydrogens is 517 g/mol. The number of halogens is 1. The number of rotatable bonds is 10. The first-order valence-electron chi connectivity index (χ1n) is 8.74. The first-order chi connectivity index (χ1) is 15.0. The Morgan fingerprint density at radius 1 is 1.39 bits per heavy atom. The molecular formula is C15H17ClN5NaO9S2. The third-order valence-corrected chi connectivity index (χ3v) is 5.69. The molecule has 2 N–H and O–H groups in total. The van der Waals surface area contributed by atoms with Crippen molar-refractivity contribution in [3.63, 3.8) is 0 Å². The van der Waals surface area contributed by atoms with Crippen molar-refractivity contribution in [1.82, 2.24) is 14.6 Å². The molecule has 33 heavy (non-hydrogen) atoms. The van der Waals surface area contributed by atoms with E-state index in [2.05, 4.69) is 25.5 Å². The molecule has 0 aromatic carbocycles. The van der Waals surface area contributed by atoms with Gasteiger partial charge in [-0.2, -0.15) is 0 Å². The largest absolute Gasteiger partial charge is 1.00 e. The van der Waals surface area contributed by atoms with Gasteiger partial charge in [0, 0.05) is 5.38 Å². The number of thiazole rings is 1. The zero-order chi connectivity index (χ0) is 24.1. The second-order valence-corrected chi connectivity index (χ2v) is 8.38. The molecule has 2 atom stereocenters. The molecule has 1 saturated heterocycles. The number of alkyl halides is 1. The topological polar surface area (TPSA) is 196 Å². The van der Waals surface area contributed by atoms with Gasteiger partial charge in [-0.1, -0.05) is 12.1 Å². The molecule has 0 radical (unpaired) electrons. The van der Waals surface area contributed by atoms with Gasteiger partial charge in [-0.05, 0) is 6.42 Å². The van der Waals surface area contributed by atoms with E-state index >= 15 is 0 Å². The van der Waals surface area contributed by atoms with Crippen LogP contribution in [0.15, 0.2) is 10.5 Å². The molecule has 14 nitrogen and oxygen atoms in total. The van der Waals surface area contributed by atoms with Crippen molar-refractivity contribution in [2.75, 3.05) is 24.9 Å². The van der Waals surface area contributed by atoms with Crippen molar-refractivity contribution in [2.24, 2.45) is 5.16 Å². The Kier molecular flexibility index (Phi) is 11.1. The Hall–Kier alpha value is -1.82. The normalized spacial score (nSPS) is 18.0. The molecule has 0 bridgehead atoms. The number of nitrogens with zero attached hydrogens (tertiary/aromatic N) is 3. The molecule has 1 fully saturated rings. The van der Waals surface area contributed by atoms with Gasteiger partial charge in [-0.15, -0.1) is 22.9 Å². The Balaban J connectivity index is 0.00000544. The van der Waals surface area contributed by atoms with Gasteiger partial charge in [0.05, 0.1) is 7.11 Å². The number of esters is 1. The van der Waals surface area contributed by atoms with Crippen LogP contribution in [0.25, 0.3) is 0 Å². The van der Waals surface area contributed by atoms with E-state index in [1.807, 2.05) is 0 Å². The Morgan fingerprint density at radius 2 is 2.06 bits per heavy atom. The number of anilines is 1. The van der Waals surface area contributed by atoms with E-state index < -0.39 is 51.8 Å². The van der Waals surface area contributed by atoms with Crippen LogP contribution in [0.4, 0.5) is 5.13 Å². The summed E-state index contributed by atoms with van der Waals surface area (Å²) < 4.78 is 38.0. The van der Waals surface area contributed by atoms with Gasteiger partial charge in [0.15, 0.2) is 27.2 Å². The minimum Gasteiger partial charge on any atom is -0.731 e. The second-order valence-electron chi connectivity index (χ2n) is 6.00. The monoisotopic (exact) mass is 533 g/mol.